The number of anilines is 1. The number of benzene rings is 2. The fraction of sp³-hybridized carbons (Fsp3) is 0.375. The number of aromatic nitrogens is 3. The highest BCUT2D eigenvalue weighted by atomic mass is 32.2. The summed E-state index contributed by atoms with van der Waals surface area (Å²) in [5.74, 6) is 1.70. The van der Waals surface area contributed by atoms with Crippen molar-refractivity contribution < 1.29 is 13.2 Å². The predicted molar refractivity (Wildman–Crippen MR) is 126 cm³/mol. The third kappa shape index (κ3) is 4.64. The summed E-state index contributed by atoms with van der Waals surface area (Å²) in [5, 5.41) is 10.3. The van der Waals surface area contributed by atoms with Crippen LogP contribution >= 0.6 is 0 Å². The molecule has 0 aliphatic carbocycles. The first-order valence-corrected chi connectivity index (χ1v) is 13.2. The van der Waals surface area contributed by atoms with Gasteiger partial charge in [-0.05, 0) is 55.7 Å². The number of aryl methyl sites for hydroxylation is 1. The van der Waals surface area contributed by atoms with Gasteiger partial charge >= 0.3 is 0 Å². The van der Waals surface area contributed by atoms with Gasteiger partial charge in [0.25, 0.3) is 5.91 Å². The number of hydrazine groups is 1. The van der Waals surface area contributed by atoms with Crippen LogP contribution in [-0.4, -0.2) is 51.6 Å². The fourth-order valence-electron chi connectivity index (χ4n) is 4.54. The number of nitrogens with one attached hydrogen (secondary N) is 1. The summed E-state index contributed by atoms with van der Waals surface area (Å²) in [7, 11) is -3.15. The summed E-state index contributed by atoms with van der Waals surface area (Å²) < 4.78 is 26.4. The first-order chi connectivity index (χ1) is 16.0. The van der Waals surface area contributed by atoms with Crippen molar-refractivity contribution in [2.45, 2.75) is 44.7 Å². The molecule has 33 heavy (non-hydrogen) atoms. The molecule has 3 aromatic rings. The molecule has 8 nitrogen and oxygen atoms in total. The molecular formula is C24H27N5O3S. The number of hydrogen-bond donors (Lipinski definition) is 1. The normalized spacial score (nSPS) is 19.5. The predicted octanol–water partition coefficient (Wildman–Crippen LogP) is 3.33. The molecule has 0 bridgehead atoms. The minimum atomic E-state index is -3.15. The molecule has 0 spiro atoms. The number of hydrogen-bond acceptors (Lipinski definition) is 6. The third-order valence-corrected chi connectivity index (χ3v) is 8.07. The third-order valence-electron chi connectivity index (χ3n) is 6.32. The van der Waals surface area contributed by atoms with Crippen LogP contribution in [0.4, 0.5) is 5.69 Å². The van der Waals surface area contributed by atoms with E-state index in [9.17, 15) is 13.2 Å². The molecule has 2 aliphatic rings. The minimum Gasteiger partial charge on any atom is -0.311 e. The Hall–Kier alpha value is -3.20. The van der Waals surface area contributed by atoms with E-state index in [1.54, 1.807) is 24.3 Å². The van der Waals surface area contributed by atoms with Crippen LogP contribution in [0.1, 0.15) is 41.9 Å². The maximum absolute atomic E-state index is 13.2. The first kappa shape index (κ1) is 21.6. The molecule has 0 saturated carbocycles. The summed E-state index contributed by atoms with van der Waals surface area (Å²) in [6.07, 6.45) is 4.83. The van der Waals surface area contributed by atoms with E-state index >= 15 is 0 Å². The lowest BCUT2D eigenvalue weighted by atomic mass is 10.1. The van der Waals surface area contributed by atoms with Gasteiger partial charge in [-0.2, -0.15) is 0 Å². The molecule has 1 atom stereocenters. The average molecular weight is 466 g/mol. The Balaban J connectivity index is 1.39. The lowest BCUT2D eigenvalue weighted by Crippen LogP contribution is -2.45. The Morgan fingerprint density at radius 2 is 1.79 bits per heavy atom. The molecule has 5 rings (SSSR count). The van der Waals surface area contributed by atoms with Crippen LogP contribution in [-0.2, 0) is 22.8 Å². The van der Waals surface area contributed by atoms with Crippen LogP contribution in [0.3, 0.4) is 0 Å². The zero-order valence-electron chi connectivity index (χ0n) is 18.4. The number of sulfone groups is 1. The fourth-order valence-corrected chi connectivity index (χ4v) is 6.24. The zero-order valence-corrected chi connectivity index (χ0v) is 19.2. The van der Waals surface area contributed by atoms with Crippen LogP contribution in [0.25, 0.3) is 11.4 Å². The van der Waals surface area contributed by atoms with Crippen molar-refractivity contribution in [3.63, 3.8) is 0 Å². The quantitative estimate of drug-likeness (QED) is 0.581. The Labute approximate surface area is 193 Å². The van der Waals surface area contributed by atoms with Gasteiger partial charge in [-0.1, -0.05) is 24.6 Å². The summed E-state index contributed by atoms with van der Waals surface area (Å²) in [6.45, 7) is 0.924. The van der Waals surface area contributed by atoms with Gasteiger partial charge in [0.05, 0.1) is 23.2 Å². The van der Waals surface area contributed by atoms with Crippen molar-refractivity contribution in [1.29, 1.82) is 0 Å². The molecule has 9 heteroatoms. The number of amides is 1. The Morgan fingerprint density at radius 3 is 2.52 bits per heavy atom. The van der Waals surface area contributed by atoms with Crippen molar-refractivity contribution in [1.82, 2.24) is 19.8 Å². The number of carbonyl (C=O) groups is 1. The van der Waals surface area contributed by atoms with Gasteiger partial charge in [0.15, 0.2) is 15.7 Å². The van der Waals surface area contributed by atoms with E-state index in [2.05, 4.69) is 20.2 Å². The molecule has 1 amide bonds. The number of nitrogens with zero attached hydrogens (tertiary/aromatic N) is 4. The summed E-state index contributed by atoms with van der Waals surface area (Å²) in [5.41, 5.74) is 5.36. The lowest BCUT2D eigenvalue weighted by Gasteiger charge is -2.29. The monoisotopic (exact) mass is 465 g/mol. The molecular weight excluding hydrogens is 438 g/mol. The highest BCUT2D eigenvalue weighted by molar-refractivity contribution is 7.91. The van der Waals surface area contributed by atoms with Crippen molar-refractivity contribution in [2.24, 2.45) is 0 Å². The van der Waals surface area contributed by atoms with Crippen LogP contribution in [0.15, 0.2) is 54.6 Å². The average Bonchev–Trinajstić information content (AvgIpc) is 3.32. The Bertz CT molecular complexity index is 1240. The van der Waals surface area contributed by atoms with Crippen LogP contribution in [0, 0.1) is 0 Å². The second kappa shape index (κ2) is 8.97. The smallest absolute Gasteiger partial charge is 0.272 e. The van der Waals surface area contributed by atoms with E-state index < -0.39 is 15.9 Å². The maximum Gasteiger partial charge on any atom is 0.272 e. The molecule has 1 aromatic heterocycles. The topological polar surface area (TPSA) is 97.2 Å². The standard InChI is InChI=1S/C24H27N5O3S/c30-24(19-7-3-1-4-8-19)29(21-14-16-33(31,32)17-21)27-20-12-10-18(11-13-20)23-26-25-22-9-5-2-6-15-28(22)23/h1,3-4,7-8,10-13,21,27H,2,5-6,9,14-17H2. The molecule has 172 valence electrons. The molecule has 3 heterocycles. The van der Waals surface area contributed by atoms with E-state index in [-0.39, 0.29) is 17.4 Å². The second-order valence-electron chi connectivity index (χ2n) is 8.69. The van der Waals surface area contributed by atoms with E-state index in [0.717, 1.165) is 43.0 Å². The van der Waals surface area contributed by atoms with Gasteiger partial charge in [0.1, 0.15) is 5.82 Å². The number of carbonyl (C=O) groups excluding carboxylic acids is 1. The molecule has 1 N–H and O–H groups in total. The number of fused-ring (bicyclic) bond motifs is 1. The van der Waals surface area contributed by atoms with Gasteiger partial charge in [0.2, 0.25) is 0 Å². The van der Waals surface area contributed by atoms with Gasteiger partial charge in [-0.3, -0.25) is 10.2 Å². The first-order valence-electron chi connectivity index (χ1n) is 11.4. The van der Waals surface area contributed by atoms with Gasteiger partial charge in [-0.15, -0.1) is 10.2 Å². The van der Waals surface area contributed by atoms with Crippen LogP contribution < -0.4 is 5.43 Å². The van der Waals surface area contributed by atoms with Crippen LogP contribution in [0.2, 0.25) is 0 Å². The van der Waals surface area contributed by atoms with Gasteiger partial charge < -0.3 is 4.57 Å². The Kier molecular flexibility index (Phi) is 5.88. The minimum absolute atomic E-state index is 0.0391. The van der Waals surface area contributed by atoms with Crippen molar-refractivity contribution in [3.8, 4) is 11.4 Å². The SMILES string of the molecule is O=C(c1ccccc1)N(Nc1ccc(-c2nnc3n2CCCCC3)cc1)C1CCS(=O)(=O)C1. The molecule has 1 fully saturated rings. The highest BCUT2D eigenvalue weighted by Gasteiger charge is 2.35. The maximum atomic E-state index is 13.2. The molecule has 0 radical (unpaired) electrons. The molecule has 2 aromatic carbocycles. The van der Waals surface area contributed by atoms with Crippen LogP contribution in [0.5, 0.6) is 0 Å². The lowest BCUT2D eigenvalue weighted by molar-refractivity contribution is 0.0745. The summed E-state index contributed by atoms with van der Waals surface area (Å²) >= 11 is 0. The van der Waals surface area contributed by atoms with E-state index in [0.29, 0.717) is 17.7 Å². The van der Waals surface area contributed by atoms with E-state index in [1.165, 1.54) is 11.4 Å². The molecule has 1 saturated heterocycles. The van der Waals surface area contributed by atoms with Gasteiger partial charge in [0, 0.05) is 24.1 Å². The van der Waals surface area contributed by atoms with E-state index in [1.807, 2.05) is 30.3 Å². The molecule has 1 unspecified atom stereocenters. The highest BCUT2D eigenvalue weighted by Crippen LogP contribution is 2.26. The van der Waals surface area contributed by atoms with Crippen molar-refractivity contribution >= 4 is 21.4 Å². The Morgan fingerprint density at radius 1 is 1.00 bits per heavy atom. The summed E-state index contributed by atoms with van der Waals surface area (Å²) in [6, 6.07) is 16.2. The largest absolute Gasteiger partial charge is 0.311 e. The second-order valence-corrected chi connectivity index (χ2v) is 10.9. The van der Waals surface area contributed by atoms with Crippen molar-refractivity contribution in [2.75, 3.05) is 16.9 Å². The van der Waals surface area contributed by atoms with Crippen molar-refractivity contribution in [3.05, 3.63) is 66.0 Å². The van der Waals surface area contributed by atoms with Gasteiger partial charge in [-0.25, -0.2) is 13.4 Å². The molecule has 2 aliphatic heterocycles. The summed E-state index contributed by atoms with van der Waals surface area (Å²) in [4.78, 5) is 13.2. The zero-order chi connectivity index (χ0) is 22.8. The van der Waals surface area contributed by atoms with E-state index in [4.69, 9.17) is 0 Å². The number of rotatable bonds is 5.